The zero-order valence-corrected chi connectivity index (χ0v) is 10.4. The fourth-order valence-electron chi connectivity index (χ4n) is 2.75. The van der Waals surface area contributed by atoms with Crippen LogP contribution < -0.4 is 4.90 Å². The molecule has 7 heteroatoms. The number of fused-ring (bicyclic) bond motifs is 1. The molecule has 1 aromatic rings. The predicted octanol–water partition coefficient (Wildman–Crippen LogP) is 2.64. The highest BCUT2D eigenvalue weighted by Crippen LogP contribution is 2.39. The van der Waals surface area contributed by atoms with E-state index in [2.05, 4.69) is 0 Å². The number of hydrogen-bond donors (Lipinski definition) is 0. The lowest BCUT2D eigenvalue weighted by Crippen LogP contribution is -2.34. The molecule has 1 atom stereocenters. The summed E-state index contributed by atoms with van der Waals surface area (Å²) in [6, 6.07) is 3.38. The maximum Gasteiger partial charge on any atom is 0.418 e. The van der Waals surface area contributed by atoms with Crippen LogP contribution in [-0.2, 0) is 11.0 Å². The summed E-state index contributed by atoms with van der Waals surface area (Å²) >= 11 is 0. The first kappa shape index (κ1) is 13.0. The molecule has 4 nitrogen and oxygen atoms in total. The van der Waals surface area contributed by atoms with Gasteiger partial charge in [0.2, 0.25) is 0 Å². The minimum Gasteiger partial charge on any atom is -0.312 e. The molecule has 20 heavy (non-hydrogen) atoms. The second-order valence-electron chi connectivity index (χ2n) is 4.82. The average molecular weight is 284 g/mol. The van der Waals surface area contributed by atoms with Crippen LogP contribution in [0.2, 0.25) is 0 Å². The van der Waals surface area contributed by atoms with E-state index in [4.69, 9.17) is 0 Å². The molecule has 0 bridgehead atoms. The highest BCUT2D eigenvalue weighted by molar-refractivity contribution is 6.21. The molecule has 106 valence electrons. The van der Waals surface area contributed by atoms with Crippen molar-refractivity contribution in [1.82, 2.24) is 4.90 Å². The minimum atomic E-state index is -4.61. The van der Waals surface area contributed by atoms with Crippen LogP contribution in [0.15, 0.2) is 24.3 Å². The van der Waals surface area contributed by atoms with Gasteiger partial charge in [0.05, 0.1) is 11.3 Å². The number of rotatable bonds is 1. The summed E-state index contributed by atoms with van der Waals surface area (Å²) < 4.78 is 38.9. The van der Waals surface area contributed by atoms with Crippen LogP contribution in [0.3, 0.4) is 0 Å². The first-order chi connectivity index (χ1) is 9.41. The van der Waals surface area contributed by atoms with Crippen molar-refractivity contribution < 1.29 is 22.8 Å². The first-order valence-corrected chi connectivity index (χ1v) is 6.22. The molecule has 2 fully saturated rings. The number of urea groups is 1. The number of para-hydroxylation sites is 1. The molecule has 1 aromatic carbocycles. The molecule has 2 aliphatic heterocycles. The highest BCUT2D eigenvalue weighted by atomic mass is 19.4. The Morgan fingerprint density at radius 2 is 1.85 bits per heavy atom. The number of benzene rings is 1. The molecule has 0 aliphatic carbocycles. The zero-order valence-electron chi connectivity index (χ0n) is 10.4. The van der Waals surface area contributed by atoms with E-state index in [9.17, 15) is 22.8 Å². The normalized spacial score (nSPS) is 22.6. The second-order valence-corrected chi connectivity index (χ2v) is 4.82. The molecule has 0 N–H and O–H groups in total. The number of hydrogen-bond acceptors (Lipinski definition) is 2. The van der Waals surface area contributed by atoms with Gasteiger partial charge in [-0.15, -0.1) is 0 Å². The fraction of sp³-hybridized carbons (Fsp3) is 0.385. The van der Waals surface area contributed by atoms with Gasteiger partial charge in [-0.05, 0) is 25.0 Å². The lowest BCUT2D eigenvalue weighted by molar-refractivity contribution is -0.137. The molecular weight excluding hydrogens is 273 g/mol. The SMILES string of the molecule is O=C1C2CCCN2C(=O)N1c1ccccc1C(F)(F)F. The Hall–Kier alpha value is -2.05. The van der Waals surface area contributed by atoms with Crippen LogP contribution in [0.1, 0.15) is 18.4 Å². The van der Waals surface area contributed by atoms with E-state index in [-0.39, 0.29) is 5.69 Å². The Bertz CT molecular complexity index is 563. The van der Waals surface area contributed by atoms with Crippen molar-refractivity contribution in [2.45, 2.75) is 25.1 Å². The molecule has 0 aromatic heterocycles. The second kappa shape index (κ2) is 4.22. The van der Waals surface area contributed by atoms with E-state index in [0.717, 1.165) is 12.1 Å². The lowest BCUT2D eigenvalue weighted by Gasteiger charge is -2.20. The summed E-state index contributed by atoms with van der Waals surface area (Å²) in [6.45, 7) is 0.417. The molecule has 2 aliphatic rings. The first-order valence-electron chi connectivity index (χ1n) is 6.22. The third-order valence-corrected chi connectivity index (χ3v) is 3.65. The highest BCUT2D eigenvalue weighted by Gasteiger charge is 2.50. The van der Waals surface area contributed by atoms with Crippen LogP contribution >= 0.6 is 0 Å². The van der Waals surface area contributed by atoms with Crippen molar-refractivity contribution in [3.8, 4) is 0 Å². The molecular formula is C13H11F3N2O2. The molecule has 0 saturated carbocycles. The van der Waals surface area contributed by atoms with Crippen molar-refractivity contribution in [2.75, 3.05) is 11.4 Å². The van der Waals surface area contributed by atoms with Gasteiger partial charge in [-0.2, -0.15) is 13.2 Å². The molecule has 3 rings (SSSR count). The predicted molar refractivity (Wildman–Crippen MR) is 64.1 cm³/mol. The van der Waals surface area contributed by atoms with Gasteiger partial charge >= 0.3 is 12.2 Å². The summed E-state index contributed by atoms with van der Waals surface area (Å²) in [5.74, 6) is -0.566. The van der Waals surface area contributed by atoms with Gasteiger partial charge in [-0.25, -0.2) is 9.69 Å². The largest absolute Gasteiger partial charge is 0.418 e. The number of carbonyl (C=O) groups is 2. The number of nitrogens with zero attached hydrogens (tertiary/aromatic N) is 2. The number of amides is 3. The van der Waals surface area contributed by atoms with Crippen LogP contribution in [-0.4, -0.2) is 29.4 Å². The fourth-order valence-corrected chi connectivity index (χ4v) is 2.75. The van der Waals surface area contributed by atoms with Gasteiger partial charge in [0, 0.05) is 6.54 Å². The zero-order chi connectivity index (χ0) is 14.5. The van der Waals surface area contributed by atoms with E-state index in [1.807, 2.05) is 0 Å². The Kier molecular flexibility index (Phi) is 2.74. The third kappa shape index (κ3) is 1.76. The molecule has 1 unspecified atom stereocenters. The van der Waals surface area contributed by atoms with E-state index >= 15 is 0 Å². The number of alkyl halides is 3. The van der Waals surface area contributed by atoms with E-state index in [0.29, 0.717) is 24.3 Å². The van der Waals surface area contributed by atoms with Crippen LogP contribution in [0.25, 0.3) is 0 Å². The Morgan fingerprint density at radius 3 is 2.50 bits per heavy atom. The summed E-state index contributed by atoms with van der Waals surface area (Å²) in [5.41, 5.74) is -1.35. The summed E-state index contributed by atoms with van der Waals surface area (Å²) in [7, 11) is 0. The number of anilines is 1. The molecule has 2 heterocycles. The third-order valence-electron chi connectivity index (χ3n) is 3.65. The maximum absolute atomic E-state index is 13.0. The molecule has 3 amide bonds. The van der Waals surface area contributed by atoms with Gasteiger partial charge in [-0.3, -0.25) is 4.79 Å². The maximum atomic E-state index is 13.0. The van der Waals surface area contributed by atoms with Gasteiger partial charge in [0.25, 0.3) is 5.91 Å². The van der Waals surface area contributed by atoms with Crippen molar-refractivity contribution in [1.29, 1.82) is 0 Å². The summed E-state index contributed by atoms with van der Waals surface area (Å²) in [6.07, 6.45) is -3.39. The summed E-state index contributed by atoms with van der Waals surface area (Å²) in [5, 5.41) is 0. The lowest BCUT2D eigenvalue weighted by atomic mass is 10.1. The van der Waals surface area contributed by atoms with Gasteiger partial charge in [0.1, 0.15) is 6.04 Å². The number of halogens is 3. The molecule has 0 radical (unpaired) electrons. The Balaban J connectivity index is 2.06. The molecule has 2 saturated heterocycles. The van der Waals surface area contributed by atoms with Crippen molar-refractivity contribution in [2.24, 2.45) is 0 Å². The van der Waals surface area contributed by atoms with Gasteiger partial charge < -0.3 is 4.90 Å². The van der Waals surface area contributed by atoms with Crippen LogP contribution in [0.5, 0.6) is 0 Å². The van der Waals surface area contributed by atoms with Crippen LogP contribution in [0, 0.1) is 0 Å². The van der Waals surface area contributed by atoms with Gasteiger partial charge in [-0.1, -0.05) is 12.1 Å². The number of carbonyl (C=O) groups excluding carboxylic acids is 2. The topological polar surface area (TPSA) is 40.6 Å². The van der Waals surface area contributed by atoms with Crippen molar-refractivity contribution >= 4 is 17.6 Å². The standard InChI is InChI=1S/C13H11F3N2O2/c14-13(15,16)8-4-1-2-5-9(8)18-11(19)10-6-3-7-17(10)12(18)20/h1-2,4-5,10H,3,6-7H2. The van der Waals surface area contributed by atoms with E-state index < -0.39 is 29.7 Å². The summed E-state index contributed by atoms with van der Waals surface area (Å²) in [4.78, 5) is 26.3. The van der Waals surface area contributed by atoms with Gasteiger partial charge in [0.15, 0.2) is 0 Å². The quantitative estimate of drug-likeness (QED) is 0.744. The monoisotopic (exact) mass is 284 g/mol. The van der Waals surface area contributed by atoms with Crippen LogP contribution in [0.4, 0.5) is 23.7 Å². The Labute approximate surface area is 112 Å². The van der Waals surface area contributed by atoms with Crippen molar-refractivity contribution in [3.63, 3.8) is 0 Å². The molecule has 0 spiro atoms. The Morgan fingerprint density at radius 1 is 1.15 bits per heavy atom. The van der Waals surface area contributed by atoms with E-state index in [1.165, 1.54) is 17.0 Å². The number of imide groups is 1. The smallest absolute Gasteiger partial charge is 0.312 e. The average Bonchev–Trinajstić information content (AvgIpc) is 2.94. The van der Waals surface area contributed by atoms with E-state index in [1.54, 1.807) is 0 Å². The van der Waals surface area contributed by atoms with Crippen molar-refractivity contribution in [3.05, 3.63) is 29.8 Å². The minimum absolute atomic E-state index is 0.385.